The van der Waals surface area contributed by atoms with Crippen LogP contribution in [0.4, 0.5) is 0 Å². The van der Waals surface area contributed by atoms with Crippen molar-refractivity contribution in [2.24, 2.45) is 0 Å². The molecule has 2 rings (SSSR count). The average molecular weight is 417 g/mol. The molecule has 0 aliphatic heterocycles. The first-order valence-corrected chi connectivity index (χ1v) is 7.42. The van der Waals surface area contributed by atoms with Gasteiger partial charge in [-0.25, -0.2) is 0 Å². The van der Waals surface area contributed by atoms with E-state index in [9.17, 15) is 29.8 Å². The maximum Gasteiger partial charge on any atom is 0.270 e. The predicted octanol–water partition coefficient (Wildman–Crippen LogP) is 0.530. The molecule has 0 aromatic rings. The molecule has 11 heteroatoms. The summed E-state index contributed by atoms with van der Waals surface area (Å²) in [6.07, 6.45) is 9.58. The summed E-state index contributed by atoms with van der Waals surface area (Å²) in [5.41, 5.74) is -0.0528. The number of hydrogen-bond acceptors (Lipinski definition) is 8. The Hall–Kier alpha value is -3.33. The smallest absolute Gasteiger partial charge is 0.270 e. The fraction of sp³-hybridized carbons (Fsp3) is 0.125. The molecule has 0 aromatic carbocycles. The van der Waals surface area contributed by atoms with Gasteiger partial charge < -0.3 is 10.6 Å². The SMILES string of the molecule is O=C1C=CC([N+](=O)[O-])=C/C1=C/NCCN/C=C1/C=C([N+](=O)[O-])C=CC1=O.[Ni]. The molecule has 0 aromatic heterocycles. The van der Waals surface area contributed by atoms with Gasteiger partial charge in [-0.2, -0.15) is 0 Å². The van der Waals surface area contributed by atoms with Crippen molar-refractivity contribution in [2.45, 2.75) is 0 Å². The first-order valence-electron chi connectivity index (χ1n) is 7.42. The molecule has 2 aliphatic carbocycles. The Morgan fingerprint density at radius 3 is 1.48 bits per heavy atom. The van der Waals surface area contributed by atoms with Crippen LogP contribution in [-0.4, -0.2) is 34.5 Å². The number of nitrogens with one attached hydrogen (secondary N) is 2. The van der Waals surface area contributed by atoms with E-state index in [-0.39, 0.29) is 50.6 Å². The van der Waals surface area contributed by atoms with Gasteiger partial charge in [0.15, 0.2) is 11.6 Å². The van der Waals surface area contributed by atoms with Crippen molar-refractivity contribution in [3.05, 3.63) is 91.6 Å². The van der Waals surface area contributed by atoms with E-state index in [4.69, 9.17) is 0 Å². The fourth-order valence-electron chi connectivity index (χ4n) is 2.03. The molecular weight excluding hydrogens is 403 g/mol. The second kappa shape index (κ2) is 9.98. The molecule has 144 valence electrons. The summed E-state index contributed by atoms with van der Waals surface area (Å²) < 4.78 is 0. The molecule has 0 amide bonds. The molecule has 0 unspecified atom stereocenters. The van der Waals surface area contributed by atoms with Crippen molar-refractivity contribution >= 4 is 11.6 Å². The third-order valence-corrected chi connectivity index (χ3v) is 3.34. The minimum Gasteiger partial charge on any atom is -0.389 e. The number of ketones is 2. The molecule has 0 spiro atoms. The third kappa shape index (κ3) is 6.16. The minimum atomic E-state index is -0.590. The Morgan fingerprint density at radius 1 is 0.778 bits per heavy atom. The van der Waals surface area contributed by atoms with Crippen molar-refractivity contribution in [3.63, 3.8) is 0 Å². The maximum atomic E-state index is 11.6. The fourth-order valence-corrected chi connectivity index (χ4v) is 2.03. The topological polar surface area (TPSA) is 144 Å². The van der Waals surface area contributed by atoms with E-state index in [2.05, 4.69) is 10.6 Å². The van der Waals surface area contributed by atoms with E-state index in [1.165, 1.54) is 24.6 Å². The summed E-state index contributed by atoms with van der Waals surface area (Å²) in [5, 5.41) is 27.0. The third-order valence-electron chi connectivity index (χ3n) is 3.34. The van der Waals surface area contributed by atoms with Crippen LogP contribution in [0, 0.1) is 20.2 Å². The van der Waals surface area contributed by atoms with Gasteiger partial charge in [0.2, 0.25) is 0 Å². The maximum absolute atomic E-state index is 11.6. The summed E-state index contributed by atoms with van der Waals surface area (Å²) in [7, 11) is 0. The van der Waals surface area contributed by atoms with Crippen LogP contribution in [0.2, 0.25) is 0 Å². The Balaban J connectivity index is 0.00000364. The summed E-state index contributed by atoms with van der Waals surface area (Å²) in [4.78, 5) is 43.4. The molecule has 0 heterocycles. The van der Waals surface area contributed by atoms with Crippen LogP contribution in [0.15, 0.2) is 71.4 Å². The normalized spacial score (nSPS) is 18.7. The van der Waals surface area contributed by atoms with E-state index in [0.29, 0.717) is 13.1 Å². The molecule has 0 saturated heterocycles. The second-order valence-electron chi connectivity index (χ2n) is 5.16. The number of allylic oxidation sites excluding steroid dienone is 8. The molecule has 10 nitrogen and oxygen atoms in total. The van der Waals surface area contributed by atoms with Crippen LogP contribution >= 0.6 is 0 Å². The van der Waals surface area contributed by atoms with Crippen LogP contribution in [0.25, 0.3) is 0 Å². The molecule has 2 aliphatic rings. The van der Waals surface area contributed by atoms with Gasteiger partial charge in [0.1, 0.15) is 0 Å². The Bertz CT molecular complexity index is 781. The van der Waals surface area contributed by atoms with Crippen molar-refractivity contribution in [3.8, 4) is 0 Å². The number of rotatable bonds is 7. The van der Waals surface area contributed by atoms with Crippen LogP contribution in [0.1, 0.15) is 0 Å². The number of nitro groups is 2. The number of carbonyl (C=O) groups excluding carboxylic acids is 2. The first kappa shape index (κ1) is 21.7. The van der Waals surface area contributed by atoms with Crippen LogP contribution in [0.3, 0.4) is 0 Å². The molecule has 0 bridgehead atoms. The quantitative estimate of drug-likeness (QED) is 0.201. The predicted molar refractivity (Wildman–Crippen MR) is 90.6 cm³/mol. The first-order chi connectivity index (χ1) is 12.4. The van der Waals surface area contributed by atoms with Gasteiger partial charge in [-0.1, -0.05) is 0 Å². The van der Waals surface area contributed by atoms with E-state index in [1.807, 2.05) is 0 Å². The zero-order valence-corrected chi connectivity index (χ0v) is 14.7. The molecule has 27 heavy (non-hydrogen) atoms. The van der Waals surface area contributed by atoms with Crippen LogP contribution in [-0.2, 0) is 26.1 Å². The van der Waals surface area contributed by atoms with Gasteiger partial charge in [0.05, 0.1) is 9.85 Å². The minimum absolute atomic E-state index is 0. The van der Waals surface area contributed by atoms with E-state index >= 15 is 0 Å². The largest absolute Gasteiger partial charge is 0.389 e. The number of carbonyl (C=O) groups is 2. The van der Waals surface area contributed by atoms with Crippen LogP contribution in [0.5, 0.6) is 0 Å². The molecule has 2 N–H and O–H groups in total. The van der Waals surface area contributed by atoms with Gasteiger partial charge in [0, 0.05) is 77.4 Å². The molecule has 0 fully saturated rings. The van der Waals surface area contributed by atoms with E-state index in [1.54, 1.807) is 0 Å². The van der Waals surface area contributed by atoms with Gasteiger partial charge in [-0.15, -0.1) is 0 Å². The summed E-state index contributed by atoms with van der Waals surface area (Å²) in [6.45, 7) is 0.698. The van der Waals surface area contributed by atoms with Gasteiger partial charge in [-0.05, 0) is 12.2 Å². The van der Waals surface area contributed by atoms with Gasteiger partial charge in [0.25, 0.3) is 11.4 Å². The van der Waals surface area contributed by atoms with Crippen molar-refractivity contribution in [1.29, 1.82) is 0 Å². The average Bonchev–Trinajstić information content (AvgIpc) is 2.60. The van der Waals surface area contributed by atoms with E-state index in [0.717, 1.165) is 24.3 Å². The Kier molecular flexibility index (Phi) is 8.02. The van der Waals surface area contributed by atoms with Gasteiger partial charge in [-0.3, -0.25) is 29.8 Å². The van der Waals surface area contributed by atoms with Gasteiger partial charge >= 0.3 is 0 Å². The zero-order valence-electron chi connectivity index (χ0n) is 13.7. The summed E-state index contributed by atoms with van der Waals surface area (Å²) in [5.74, 6) is -0.703. The monoisotopic (exact) mass is 416 g/mol. The molecule has 0 saturated carbocycles. The molecule has 0 atom stereocenters. The molecule has 0 radical (unpaired) electrons. The number of hydrogen-bond donors (Lipinski definition) is 2. The Morgan fingerprint density at radius 2 is 1.15 bits per heavy atom. The van der Waals surface area contributed by atoms with E-state index < -0.39 is 9.85 Å². The molecular formula is C16H14N4NiO6. The van der Waals surface area contributed by atoms with Crippen molar-refractivity contribution < 1.29 is 35.9 Å². The van der Waals surface area contributed by atoms with Crippen molar-refractivity contribution in [2.75, 3.05) is 13.1 Å². The summed E-state index contributed by atoms with van der Waals surface area (Å²) >= 11 is 0. The number of nitrogens with zero attached hydrogens (tertiary/aromatic N) is 2. The Labute approximate surface area is 163 Å². The van der Waals surface area contributed by atoms with Crippen molar-refractivity contribution in [1.82, 2.24) is 10.6 Å². The van der Waals surface area contributed by atoms with Crippen LogP contribution < -0.4 is 10.6 Å². The standard InChI is InChI=1S/C16H14N4O6.Ni/c21-15-3-1-13(19(23)24)7-11(15)9-17-5-6-18-10-12-8-14(20(25)26)2-4-16(12)22;/h1-4,7-10,17-18H,5-6H2;/b11-9-,12-10-;. The summed E-state index contributed by atoms with van der Waals surface area (Å²) in [6, 6.07) is 0. The second-order valence-corrected chi connectivity index (χ2v) is 5.16. The zero-order chi connectivity index (χ0) is 19.1.